The summed E-state index contributed by atoms with van der Waals surface area (Å²) in [6, 6.07) is 8.13. The second-order valence-electron chi connectivity index (χ2n) is 4.54. The average molecular weight is 286 g/mol. The Morgan fingerprint density at radius 1 is 1.24 bits per heavy atom. The van der Waals surface area contributed by atoms with Crippen LogP contribution in [0.5, 0.6) is 0 Å². The van der Waals surface area contributed by atoms with Gasteiger partial charge in [0.25, 0.3) is 5.91 Å². The molecule has 2 rings (SSSR count). The van der Waals surface area contributed by atoms with Crippen molar-refractivity contribution in [1.82, 2.24) is 4.98 Å². The van der Waals surface area contributed by atoms with Crippen molar-refractivity contribution in [3.05, 3.63) is 53.3 Å². The number of nitrogens with one attached hydrogen (secondary N) is 2. The minimum Gasteiger partial charge on any atom is -0.481 e. The number of carboxylic acid groups (broad SMARTS) is 1. The van der Waals surface area contributed by atoms with Crippen LogP contribution in [0.3, 0.4) is 0 Å². The van der Waals surface area contributed by atoms with Crippen LogP contribution in [0.25, 0.3) is 0 Å². The summed E-state index contributed by atoms with van der Waals surface area (Å²) in [4.78, 5) is 36.8. The van der Waals surface area contributed by atoms with Crippen molar-refractivity contribution < 1.29 is 19.5 Å². The van der Waals surface area contributed by atoms with Crippen LogP contribution in [0.1, 0.15) is 33.3 Å². The minimum absolute atomic E-state index is 0.142. The lowest BCUT2D eigenvalue weighted by atomic mass is 10.1. The first-order valence-corrected chi connectivity index (χ1v) is 6.28. The molecule has 1 heterocycles. The number of hydrogen-bond acceptors (Lipinski definition) is 3. The number of carbonyl (C=O) groups excluding carboxylic acids is 2. The van der Waals surface area contributed by atoms with Crippen LogP contribution < -0.4 is 5.32 Å². The van der Waals surface area contributed by atoms with E-state index in [1.807, 2.05) is 0 Å². The molecule has 0 atom stereocenters. The van der Waals surface area contributed by atoms with Crippen molar-refractivity contribution >= 4 is 23.3 Å². The van der Waals surface area contributed by atoms with Gasteiger partial charge in [-0.25, -0.2) is 0 Å². The van der Waals surface area contributed by atoms with Crippen LogP contribution in [-0.2, 0) is 11.2 Å². The third-order valence-corrected chi connectivity index (χ3v) is 2.94. The van der Waals surface area contributed by atoms with E-state index in [1.165, 1.54) is 19.2 Å². The van der Waals surface area contributed by atoms with Crippen molar-refractivity contribution in [3.8, 4) is 0 Å². The Labute approximate surface area is 120 Å². The molecule has 0 saturated carbocycles. The topological polar surface area (TPSA) is 99.3 Å². The molecule has 6 nitrogen and oxygen atoms in total. The molecule has 0 radical (unpaired) electrons. The van der Waals surface area contributed by atoms with Gasteiger partial charge in [0.05, 0.1) is 6.42 Å². The smallest absolute Gasteiger partial charge is 0.307 e. The van der Waals surface area contributed by atoms with Crippen LogP contribution in [0.4, 0.5) is 5.69 Å². The first-order chi connectivity index (χ1) is 9.97. The van der Waals surface area contributed by atoms with Gasteiger partial charge in [-0.2, -0.15) is 0 Å². The van der Waals surface area contributed by atoms with E-state index in [0.29, 0.717) is 16.8 Å². The quantitative estimate of drug-likeness (QED) is 0.733. The van der Waals surface area contributed by atoms with Gasteiger partial charge < -0.3 is 15.4 Å². The predicted octanol–water partition coefficient (Wildman–Crippen LogP) is 2.10. The first-order valence-electron chi connectivity index (χ1n) is 6.28. The summed E-state index contributed by atoms with van der Waals surface area (Å²) < 4.78 is 0. The summed E-state index contributed by atoms with van der Waals surface area (Å²) in [5.41, 5.74) is 1.60. The Bertz CT molecular complexity index is 703. The third kappa shape index (κ3) is 3.56. The van der Waals surface area contributed by atoms with Gasteiger partial charge in [0, 0.05) is 17.4 Å². The molecule has 0 bridgehead atoms. The highest BCUT2D eigenvalue weighted by atomic mass is 16.4. The number of amides is 1. The van der Waals surface area contributed by atoms with E-state index in [0.717, 1.165) is 0 Å². The molecule has 21 heavy (non-hydrogen) atoms. The predicted molar refractivity (Wildman–Crippen MR) is 76.5 cm³/mol. The number of hydrogen-bond donors (Lipinski definition) is 3. The number of aromatic nitrogens is 1. The van der Waals surface area contributed by atoms with E-state index in [-0.39, 0.29) is 17.9 Å². The highest BCUT2D eigenvalue weighted by Gasteiger charge is 2.13. The molecule has 1 aromatic carbocycles. The number of anilines is 1. The molecule has 6 heteroatoms. The molecule has 0 saturated heterocycles. The summed E-state index contributed by atoms with van der Waals surface area (Å²) in [6.07, 6.45) is 1.28. The van der Waals surface area contributed by atoms with Gasteiger partial charge in [0.2, 0.25) is 0 Å². The molecule has 0 spiro atoms. The molecule has 0 aliphatic carbocycles. The fourth-order valence-electron chi connectivity index (χ4n) is 1.88. The minimum atomic E-state index is -0.976. The van der Waals surface area contributed by atoms with Crippen molar-refractivity contribution in [2.24, 2.45) is 0 Å². The molecule has 0 aliphatic heterocycles. The Hall–Kier alpha value is -2.89. The molecule has 2 aromatic rings. The largest absolute Gasteiger partial charge is 0.481 e. The van der Waals surface area contributed by atoms with Gasteiger partial charge in [-0.1, -0.05) is 18.2 Å². The number of carboxylic acids is 1. The second-order valence-corrected chi connectivity index (χ2v) is 4.54. The van der Waals surface area contributed by atoms with Gasteiger partial charge in [-0.05, 0) is 24.6 Å². The van der Waals surface area contributed by atoms with Gasteiger partial charge in [-0.15, -0.1) is 0 Å². The molecular formula is C15H14N2O4. The van der Waals surface area contributed by atoms with Crippen LogP contribution in [0.15, 0.2) is 36.5 Å². The summed E-state index contributed by atoms with van der Waals surface area (Å²) >= 11 is 0. The standard InChI is InChI=1S/C15H14N2O4/c1-9(18)11-6-13(16-8-11)15(21)17-12-5-3-2-4-10(12)7-14(19)20/h2-6,8,16H,7H2,1H3,(H,17,21)(H,19,20). The van der Waals surface area contributed by atoms with Crippen molar-refractivity contribution in [3.63, 3.8) is 0 Å². The number of aromatic amines is 1. The van der Waals surface area contributed by atoms with Crippen molar-refractivity contribution in [2.75, 3.05) is 5.32 Å². The van der Waals surface area contributed by atoms with Gasteiger partial charge >= 0.3 is 5.97 Å². The zero-order valence-corrected chi connectivity index (χ0v) is 11.3. The number of rotatable bonds is 5. The van der Waals surface area contributed by atoms with E-state index in [1.54, 1.807) is 24.3 Å². The van der Waals surface area contributed by atoms with Crippen LogP contribution in [-0.4, -0.2) is 27.8 Å². The first kappa shape index (κ1) is 14.5. The number of Topliss-reactive ketones (excluding diaryl/α,β-unsaturated/α-hetero) is 1. The molecule has 3 N–H and O–H groups in total. The fourth-order valence-corrected chi connectivity index (χ4v) is 1.88. The zero-order valence-electron chi connectivity index (χ0n) is 11.3. The Morgan fingerprint density at radius 2 is 1.95 bits per heavy atom. The van der Waals surface area contributed by atoms with Crippen LogP contribution in [0.2, 0.25) is 0 Å². The molecular weight excluding hydrogens is 272 g/mol. The number of para-hydroxylation sites is 1. The zero-order chi connectivity index (χ0) is 15.4. The van der Waals surface area contributed by atoms with E-state index >= 15 is 0 Å². The molecule has 0 fully saturated rings. The molecule has 0 unspecified atom stereocenters. The van der Waals surface area contributed by atoms with E-state index < -0.39 is 11.9 Å². The summed E-state index contributed by atoms with van der Waals surface area (Å²) in [5.74, 6) is -1.55. The number of benzene rings is 1. The number of ketones is 1. The number of aliphatic carboxylic acids is 1. The Balaban J connectivity index is 2.19. The number of carbonyl (C=O) groups is 3. The van der Waals surface area contributed by atoms with E-state index in [2.05, 4.69) is 10.3 Å². The van der Waals surface area contributed by atoms with Crippen molar-refractivity contribution in [1.29, 1.82) is 0 Å². The fraction of sp³-hybridized carbons (Fsp3) is 0.133. The summed E-state index contributed by atoms with van der Waals surface area (Å²) in [5, 5.41) is 11.5. The number of H-pyrrole nitrogens is 1. The van der Waals surface area contributed by atoms with Gasteiger partial charge in [0.1, 0.15) is 5.69 Å². The highest BCUT2D eigenvalue weighted by molar-refractivity contribution is 6.05. The van der Waals surface area contributed by atoms with Gasteiger partial charge in [0.15, 0.2) is 5.78 Å². The van der Waals surface area contributed by atoms with E-state index in [9.17, 15) is 14.4 Å². The van der Waals surface area contributed by atoms with Crippen molar-refractivity contribution in [2.45, 2.75) is 13.3 Å². The average Bonchev–Trinajstić information content (AvgIpc) is 2.90. The Morgan fingerprint density at radius 3 is 2.57 bits per heavy atom. The Kier molecular flexibility index (Phi) is 4.18. The van der Waals surface area contributed by atoms with Crippen LogP contribution >= 0.6 is 0 Å². The third-order valence-electron chi connectivity index (χ3n) is 2.94. The maximum Gasteiger partial charge on any atom is 0.307 e. The highest BCUT2D eigenvalue weighted by Crippen LogP contribution is 2.17. The second kappa shape index (κ2) is 6.04. The maximum absolute atomic E-state index is 12.1. The molecule has 0 aliphatic rings. The van der Waals surface area contributed by atoms with E-state index in [4.69, 9.17) is 5.11 Å². The lowest BCUT2D eigenvalue weighted by molar-refractivity contribution is -0.136. The lowest BCUT2D eigenvalue weighted by Crippen LogP contribution is -2.14. The van der Waals surface area contributed by atoms with Crippen LogP contribution in [0, 0.1) is 0 Å². The monoisotopic (exact) mass is 286 g/mol. The lowest BCUT2D eigenvalue weighted by Gasteiger charge is -2.08. The molecule has 108 valence electrons. The van der Waals surface area contributed by atoms with Gasteiger partial charge in [-0.3, -0.25) is 14.4 Å². The normalized spacial score (nSPS) is 10.1. The SMILES string of the molecule is CC(=O)c1c[nH]c(C(=O)Nc2ccccc2CC(=O)O)c1. The summed E-state index contributed by atoms with van der Waals surface area (Å²) in [6.45, 7) is 1.41. The molecule has 1 amide bonds. The molecule has 1 aromatic heterocycles. The summed E-state index contributed by atoms with van der Waals surface area (Å²) in [7, 11) is 0. The maximum atomic E-state index is 12.1.